The van der Waals surface area contributed by atoms with E-state index in [1.807, 2.05) is 82.3 Å². The standard InChI is InChI=1S/C25H29N3O4/c1-18-15-22(23(29)31-5)28(26-18)21-13-11-20(12-14-21)17-27(24(30)32-25(2,3)4)16-19-9-7-6-8-10-19/h6-15H,16-17H2,1-5H3. The molecule has 3 aromatic rings. The highest BCUT2D eigenvalue weighted by molar-refractivity contribution is 5.88. The number of ether oxygens (including phenoxy) is 2. The SMILES string of the molecule is COC(=O)c1cc(C)nn1-c1ccc(CN(Cc2ccccc2)C(=O)OC(C)(C)C)cc1. The molecule has 168 valence electrons. The van der Waals surface area contributed by atoms with Gasteiger partial charge in [0.1, 0.15) is 5.60 Å². The highest BCUT2D eigenvalue weighted by Crippen LogP contribution is 2.18. The van der Waals surface area contributed by atoms with Crippen molar-refractivity contribution in [2.75, 3.05) is 7.11 Å². The Balaban J connectivity index is 1.82. The molecule has 0 atom stereocenters. The number of methoxy groups -OCH3 is 1. The fraction of sp³-hybridized carbons (Fsp3) is 0.320. The zero-order chi connectivity index (χ0) is 23.3. The molecule has 0 bridgehead atoms. The van der Waals surface area contributed by atoms with Gasteiger partial charge in [-0.25, -0.2) is 14.3 Å². The van der Waals surface area contributed by atoms with E-state index in [4.69, 9.17) is 9.47 Å². The minimum absolute atomic E-state index is 0.359. The molecule has 0 saturated carbocycles. The fourth-order valence-electron chi connectivity index (χ4n) is 3.22. The summed E-state index contributed by atoms with van der Waals surface area (Å²) in [7, 11) is 1.34. The summed E-state index contributed by atoms with van der Waals surface area (Å²) in [6.07, 6.45) is -0.374. The topological polar surface area (TPSA) is 73.7 Å². The van der Waals surface area contributed by atoms with E-state index in [0.717, 1.165) is 16.8 Å². The number of aromatic nitrogens is 2. The van der Waals surface area contributed by atoms with Crippen molar-refractivity contribution in [2.45, 2.75) is 46.4 Å². The lowest BCUT2D eigenvalue weighted by atomic mass is 10.1. The van der Waals surface area contributed by atoms with Crippen LogP contribution in [0.15, 0.2) is 60.7 Å². The molecule has 32 heavy (non-hydrogen) atoms. The fourth-order valence-corrected chi connectivity index (χ4v) is 3.22. The Kier molecular flexibility index (Phi) is 6.98. The molecule has 0 aliphatic heterocycles. The molecule has 1 amide bonds. The largest absolute Gasteiger partial charge is 0.464 e. The van der Waals surface area contributed by atoms with Gasteiger partial charge in [0.25, 0.3) is 0 Å². The van der Waals surface area contributed by atoms with Crippen molar-refractivity contribution in [3.05, 3.63) is 83.2 Å². The minimum Gasteiger partial charge on any atom is -0.464 e. The Morgan fingerprint density at radius 3 is 2.12 bits per heavy atom. The average Bonchev–Trinajstić information content (AvgIpc) is 3.14. The lowest BCUT2D eigenvalue weighted by Crippen LogP contribution is -2.36. The van der Waals surface area contributed by atoms with Gasteiger partial charge in [-0.2, -0.15) is 5.10 Å². The molecule has 7 nitrogen and oxygen atoms in total. The maximum Gasteiger partial charge on any atom is 0.410 e. The van der Waals surface area contributed by atoms with Crippen molar-refractivity contribution in [1.29, 1.82) is 0 Å². The highest BCUT2D eigenvalue weighted by Gasteiger charge is 2.23. The van der Waals surface area contributed by atoms with E-state index in [1.54, 1.807) is 15.6 Å². The van der Waals surface area contributed by atoms with Gasteiger partial charge in [-0.05, 0) is 57.0 Å². The summed E-state index contributed by atoms with van der Waals surface area (Å²) in [6, 6.07) is 19.0. The van der Waals surface area contributed by atoms with Crippen LogP contribution in [0.25, 0.3) is 5.69 Å². The van der Waals surface area contributed by atoms with Gasteiger partial charge in [-0.3, -0.25) is 4.90 Å². The summed E-state index contributed by atoms with van der Waals surface area (Å²) in [5.41, 5.74) is 3.17. The number of aryl methyl sites for hydroxylation is 1. The molecular weight excluding hydrogens is 406 g/mol. The van der Waals surface area contributed by atoms with Gasteiger partial charge in [-0.15, -0.1) is 0 Å². The van der Waals surface area contributed by atoms with Gasteiger partial charge in [-0.1, -0.05) is 42.5 Å². The van der Waals surface area contributed by atoms with Crippen LogP contribution in [0, 0.1) is 6.92 Å². The first kappa shape index (κ1) is 23.1. The molecule has 1 heterocycles. The number of hydrogen-bond acceptors (Lipinski definition) is 5. The minimum atomic E-state index is -0.585. The molecule has 3 rings (SSSR count). The zero-order valence-electron chi connectivity index (χ0n) is 19.2. The Hall–Kier alpha value is -3.61. The smallest absolute Gasteiger partial charge is 0.410 e. The Morgan fingerprint density at radius 1 is 0.969 bits per heavy atom. The molecule has 0 radical (unpaired) electrons. The van der Waals surface area contributed by atoms with Crippen LogP contribution in [0.2, 0.25) is 0 Å². The number of rotatable bonds is 6. The first-order valence-electron chi connectivity index (χ1n) is 10.4. The molecular formula is C25H29N3O4. The molecule has 0 aliphatic carbocycles. The third kappa shape index (κ3) is 5.97. The normalized spacial score (nSPS) is 11.2. The summed E-state index contributed by atoms with van der Waals surface area (Å²) >= 11 is 0. The van der Waals surface area contributed by atoms with Gasteiger partial charge >= 0.3 is 12.1 Å². The maximum atomic E-state index is 12.8. The number of amides is 1. The van der Waals surface area contributed by atoms with Crippen LogP contribution in [0.5, 0.6) is 0 Å². The number of benzene rings is 2. The molecule has 0 aliphatic rings. The van der Waals surface area contributed by atoms with E-state index in [0.29, 0.717) is 24.5 Å². The number of carbonyl (C=O) groups is 2. The predicted molar refractivity (Wildman–Crippen MR) is 122 cm³/mol. The van der Waals surface area contributed by atoms with E-state index in [2.05, 4.69) is 5.10 Å². The monoisotopic (exact) mass is 435 g/mol. The van der Waals surface area contributed by atoms with Crippen molar-refractivity contribution in [3.63, 3.8) is 0 Å². The van der Waals surface area contributed by atoms with Gasteiger partial charge in [0.2, 0.25) is 0 Å². The van der Waals surface area contributed by atoms with E-state index in [1.165, 1.54) is 7.11 Å². The molecule has 7 heteroatoms. The Bertz CT molecular complexity index is 1070. The van der Waals surface area contributed by atoms with Crippen molar-refractivity contribution in [1.82, 2.24) is 14.7 Å². The summed E-state index contributed by atoms with van der Waals surface area (Å²) in [5, 5.41) is 4.40. The van der Waals surface area contributed by atoms with Crippen LogP contribution in [0.1, 0.15) is 48.1 Å². The lowest BCUT2D eigenvalue weighted by molar-refractivity contribution is 0.0216. The van der Waals surface area contributed by atoms with Crippen LogP contribution >= 0.6 is 0 Å². The van der Waals surface area contributed by atoms with E-state index in [-0.39, 0.29) is 6.09 Å². The second-order valence-corrected chi connectivity index (χ2v) is 8.56. The van der Waals surface area contributed by atoms with Crippen LogP contribution < -0.4 is 0 Å². The maximum absolute atomic E-state index is 12.8. The van der Waals surface area contributed by atoms with Crippen molar-refractivity contribution in [3.8, 4) is 5.69 Å². The number of hydrogen-bond donors (Lipinski definition) is 0. The van der Waals surface area contributed by atoms with Crippen molar-refractivity contribution >= 4 is 12.1 Å². The van der Waals surface area contributed by atoms with Gasteiger partial charge in [0, 0.05) is 13.1 Å². The Morgan fingerprint density at radius 2 is 1.56 bits per heavy atom. The summed E-state index contributed by atoms with van der Waals surface area (Å²) < 4.78 is 12.0. The predicted octanol–water partition coefficient (Wildman–Crippen LogP) is 4.90. The highest BCUT2D eigenvalue weighted by atomic mass is 16.6. The Labute approximate surface area is 188 Å². The van der Waals surface area contributed by atoms with E-state index < -0.39 is 11.6 Å². The summed E-state index contributed by atoms with van der Waals surface area (Å²) in [5.74, 6) is -0.450. The van der Waals surface area contributed by atoms with Gasteiger partial charge in [0.15, 0.2) is 5.69 Å². The first-order chi connectivity index (χ1) is 15.2. The molecule has 0 N–H and O–H groups in total. The van der Waals surface area contributed by atoms with Crippen LogP contribution in [-0.4, -0.2) is 39.5 Å². The molecule has 0 saturated heterocycles. The van der Waals surface area contributed by atoms with Gasteiger partial charge in [0.05, 0.1) is 18.5 Å². The van der Waals surface area contributed by atoms with Crippen LogP contribution in [-0.2, 0) is 22.6 Å². The number of nitrogens with zero attached hydrogens (tertiary/aromatic N) is 3. The van der Waals surface area contributed by atoms with Gasteiger partial charge < -0.3 is 9.47 Å². The van der Waals surface area contributed by atoms with Crippen molar-refractivity contribution in [2.24, 2.45) is 0 Å². The third-order valence-electron chi connectivity index (χ3n) is 4.65. The number of esters is 1. The first-order valence-corrected chi connectivity index (χ1v) is 10.4. The molecule has 0 unspecified atom stereocenters. The quantitative estimate of drug-likeness (QED) is 0.515. The molecule has 0 spiro atoms. The van der Waals surface area contributed by atoms with Crippen LogP contribution in [0.3, 0.4) is 0 Å². The zero-order valence-corrected chi connectivity index (χ0v) is 19.2. The number of carbonyl (C=O) groups excluding carboxylic acids is 2. The van der Waals surface area contributed by atoms with Crippen molar-refractivity contribution < 1.29 is 19.1 Å². The molecule has 1 aromatic heterocycles. The van der Waals surface area contributed by atoms with E-state index >= 15 is 0 Å². The van der Waals surface area contributed by atoms with E-state index in [9.17, 15) is 9.59 Å². The second-order valence-electron chi connectivity index (χ2n) is 8.56. The molecule has 0 fully saturated rings. The van der Waals surface area contributed by atoms with Crippen LogP contribution in [0.4, 0.5) is 4.79 Å². The summed E-state index contributed by atoms with van der Waals surface area (Å²) in [4.78, 5) is 26.6. The second kappa shape index (κ2) is 9.68. The average molecular weight is 436 g/mol. The summed E-state index contributed by atoms with van der Waals surface area (Å²) in [6.45, 7) is 8.19. The third-order valence-corrected chi connectivity index (χ3v) is 4.65. The molecule has 2 aromatic carbocycles. The lowest BCUT2D eigenvalue weighted by Gasteiger charge is -2.27.